The summed E-state index contributed by atoms with van der Waals surface area (Å²) in [7, 11) is 0. The maximum Gasteiger partial charge on any atom is 0.254 e. The number of benzene rings is 2. The maximum atomic E-state index is 13.6. The van der Waals surface area contributed by atoms with Crippen LogP contribution in [0.3, 0.4) is 0 Å². The SMILES string of the molecule is CC(C)(C)NC(=O)[C@H]1N(C(=O)[C@@H](O)[C@H](Cc2ccccc2)NC(=O)c2ccc(Cl)cc2)CSC1(C)C. The molecule has 7 nitrogen and oxygen atoms in total. The van der Waals surface area contributed by atoms with Gasteiger partial charge in [0.05, 0.1) is 11.9 Å². The lowest BCUT2D eigenvalue weighted by atomic mass is 9.96. The molecule has 1 aliphatic heterocycles. The van der Waals surface area contributed by atoms with Crippen LogP contribution in [0, 0.1) is 0 Å². The Labute approximate surface area is 222 Å². The minimum Gasteiger partial charge on any atom is -0.381 e. The number of carbonyl (C=O) groups excluding carboxylic acids is 3. The largest absolute Gasteiger partial charge is 0.381 e. The molecule has 9 heteroatoms. The zero-order chi connectivity index (χ0) is 26.7. The van der Waals surface area contributed by atoms with E-state index in [4.69, 9.17) is 11.6 Å². The molecule has 194 valence electrons. The first-order chi connectivity index (χ1) is 16.8. The third-order valence-corrected chi connectivity index (χ3v) is 7.56. The van der Waals surface area contributed by atoms with Gasteiger partial charge in [-0.1, -0.05) is 41.9 Å². The molecule has 2 aromatic carbocycles. The first kappa shape index (κ1) is 28.0. The Hall–Kier alpha value is -2.55. The number of amides is 3. The van der Waals surface area contributed by atoms with Crippen LogP contribution in [0.15, 0.2) is 54.6 Å². The van der Waals surface area contributed by atoms with E-state index in [2.05, 4.69) is 10.6 Å². The number of halogens is 1. The van der Waals surface area contributed by atoms with Crippen LogP contribution >= 0.6 is 23.4 Å². The van der Waals surface area contributed by atoms with Gasteiger partial charge in [0, 0.05) is 20.9 Å². The van der Waals surface area contributed by atoms with Gasteiger partial charge in [0.1, 0.15) is 6.04 Å². The number of carbonyl (C=O) groups is 3. The number of nitrogens with one attached hydrogen (secondary N) is 2. The highest BCUT2D eigenvalue weighted by Gasteiger charge is 2.50. The topological polar surface area (TPSA) is 98.7 Å². The molecule has 0 bridgehead atoms. The summed E-state index contributed by atoms with van der Waals surface area (Å²) in [5.74, 6) is -1.05. The Balaban J connectivity index is 1.86. The summed E-state index contributed by atoms with van der Waals surface area (Å²) in [6, 6.07) is 14.0. The molecular weight excluding hydrogens is 498 g/mol. The molecule has 3 rings (SSSR count). The average Bonchev–Trinajstić information content (AvgIpc) is 3.12. The number of rotatable bonds is 7. The van der Waals surface area contributed by atoms with E-state index in [9.17, 15) is 19.5 Å². The molecular formula is C27H34ClN3O4S. The fraction of sp³-hybridized carbons (Fsp3) is 0.444. The Bertz CT molecular complexity index is 1090. The van der Waals surface area contributed by atoms with Crippen LogP contribution in [0.1, 0.15) is 50.5 Å². The summed E-state index contributed by atoms with van der Waals surface area (Å²) in [6.07, 6.45) is -1.32. The van der Waals surface area contributed by atoms with Crippen LogP contribution in [0.25, 0.3) is 0 Å². The van der Waals surface area contributed by atoms with E-state index in [0.29, 0.717) is 10.6 Å². The molecule has 1 aliphatic rings. The van der Waals surface area contributed by atoms with E-state index < -0.39 is 40.3 Å². The molecule has 2 aromatic rings. The van der Waals surface area contributed by atoms with E-state index in [1.807, 2.05) is 65.0 Å². The molecule has 0 saturated carbocycles. The highest BCUT2D eigenvalue weighted by atomic mass is 35.5. The molecule has 36 heavy (non-hydrogen) atoms. The lowest BCUT2D eigenvalue weighted by Crippen LogP contribution is -2.60. The van der Waals surface area contributed by atoms with Crippen molar-refractivity contribution >= 4 is 41.1 Å². The van der Waals surface area contributed by atoms with Crippen molar-refractivity contribution in [3.63, 3.8) is 0 Å². The number of aliphatic hydroxyl groups is 1. The van der Waals surface area contributed by atoms with Crippen molar-refractivity contribution in [2.24, 2.45) is 0 Å². The highest BCUT2D eigenvalue weighted by Crippen LogP contribution is 2.40. The van der Waals surface area contributed by atoms with E-state index in [1.54, 1.807) is 24.3 Å². The summed E-state index contributed by atoms with van der Waals surface area (Å²) in [4.78, 5) is 41.2. The Morgan fingerprint density at radius 3 is 2.31 bits per heavy atom. The zero-order valence-corrected chi connectivity index (χ0v) is 22.8. The van der Waals surface area contributed by atoms with E-state index in [1.165, 1.54) is 16.7 Å². The van der Waals surface area contributed by atoms with Crippen LogP contribution in [-0.2, 0) is 16.0 Å². The molecule has 3 atom stereocenters. The van der Waals surface area contributed by atoms with Gasteiger partial charge in [0.15, 0.2) is 6.10 Å². The first-order valence-electron chi connectivity index (χ1n) is 11.8. The van der Waals surface area contributed by atoms with Crippen molar-refractivity contribution in [1.29, 1.82) is 0 Å². The van der Waals surface area contributed by atoms with Gasteiger partial charge in [0.2, 0.25) is 5.91 Å². The molecule has 3 N–H and O–H groups in total. The number of nitrogens with zero attached hydrogens (tertiary/aromatic N) is 1. The third-order valence-electron chi connectivity index (χ3n) is 5.93. The second-order valence-electron chi connectivity index (χ2n) is 10.5. The summed E-state index contributed by atoms with van der Waals surface area (Å²) in [5.41, 5.74) is 0.734. The van der Waals surface area contributed by atoms with E-state index in [0.717, 1.165) is 5.56 Å². The quantitative estimate of drug-likeness (QED) is 0.506. The molecule has 0 aliphatic carbocycles. The first-order valence-corrected chi connectivity index (χ1v) is 13.2. The molecule has 3 amide bonds. The minimum atomic E-state index is -1.55. The van der Waals surface area contributed by atoms with Gasteiger partial charge in [-0.25, -0.2) is 0 Å². The number of thioether (sulfide) groups is 1. The van der Waals surface area contributed by atoms with Crippen molar-refractivity contribution in [2.75, 3.05) is 5.88 Å². The second-order valence-corrected chi connectivity index (χ2v) is 12.6. The lowest BCUT2D eigenvalue weighted by Gasteiger charge is -2.35. The van der Waals surface area contributed by atoms with Crippen LogP contribution in [0.5, 0.6) is 0 Å². The smallest absolute Gasteiger partial charge is 0.254 e. The fourth-order valence-corrected chi connectivity index (χ4v) is 5.42. The molecule has 0 unspecified atom stereocenters. The fourth-order valence-electron chi connectivity index (χ4n) is 4.16. The van der Waals surface area contributed by atoms with Crippen LogP contribution in [0.4, 0.5) is 0 Å². The Morgan fingerprint density at radius 2 is 1.72 bits per heavy atom. The van der Waals surface area contributed by atoms with Crippen molar-refractivity contribution < 1.29 is 19.5 Å². The van der Waals surface area contributed by atoms with Gasteiger partial charge in [-0.15, -0.1) is 11.8 Å². The predicted molar refractivity (Wildman–Crippen MR) is 144 cm³/mol. The maximum absolute atomic E-state index is 13.6. The highest BCUT2D eigenvalue weighted by molar-refractivity contribution is 8.00. The van der Waals surface area contributed by atoms with E-state index >= 15 is 0 Å². The minimum absolute atomic E-state index is 0.232. The zero-order valence-electron chi connectivity index (χ0n) is 21.2. The summed E-state index contributed by atoms with van der Waals surface area (Å²) < 4.78 is -0.549. The van der Waals surface area contributed by atoms with Gasteiger partial charge in [-0.2, -0.15) is 0 Å². The molecule has 0 radical (unpaired) electrons. The van der Waals surface area contributed by atoms with Crippen molar-refractivity contribution in [1.82, 2.24) is 15.5 Å². The average molecular weight is 532 g/mol. The molecule has 1 fully saturated rings. The predicted octanol–water partition coefficient (Wildman–Crippen LogP) is 3.64. The molecule has 1 heterocycles. The normalized spacial score (nSPS) is 18.9. The molecule has 0 aromatic heterocycles. The number of hydrogen-bond donors (Lipinski definition) is 3. The van der Waals surface area contributed by atoms with Gasteiger partial charge in [-0.05, 0) is 70.9 Å². The van der Waals surface area contributed by atoms with Gasteiger partial charge >= 0.3 is 0 Å². The summed E-state index contributed by atoms with van der Waals surface area (Å²) in [6.45, 7) is 9.46. The Morgan fingerprint density at radius 1 is 1.11 bits per heavy atom. The monoisotopic (exact) mass is 531 g/mol. The lowest BCUT2D eigenvalue weighted by molar-refractivity contribution is -0.147. The van der Waals surface area contributed by atoms with Gasteiger partial charge in [0.25, 0.3) is 11.8 Å². The van der Waals surface area contributed by atoms with E-state index in [-0.39, 0.29) is 18.2 Å². The summed E-state index contributed by atoms with van der Waals surface area (Å²) >= 11 is 7.42. The van der Waals surface area contributed by atoms with Gasteiger partial charge < -0.3 is 20.6 Å². The molecule has 1 saturated heterocycles. The standard InChI is InChI=1S/C27H34ClN3O4S/c1-26(2,3)30-24(34)22-27(4,5)36-16-31(22)25(35)21(32)20(15-17-9-7-6-8-10-17)29-23(33)18-11-13-19(28)14-12-18/h6-14,20-22,32H,15-16H2,1-5H3,(H,29,33)(H,30,34)/t20-,21-,22+/m0/s1. The summed E-state index contributed by atoms with van der Waals surface area (Å²) in [5, 5.41) is 17.6. The number of hydrogen-bond acceptors (Lipinski definition) is 5. The number of aliphatic hydroxyl groups excluding tert-OH is 1. The molecule has 0 spiro atoms. The van der Waals surface area contributed by atoms with Crippen LogP contribution < -0.4 is 10.6 Å². The third kappa shape index (κ3) is 7.02. The van der Waals surface area contributed by atoms with Crippen molar-refractivity contribution in [2.45, 2.75) is 69.5 Å². The van der Waals surface area contributed by atoms with Gasteiger partial charge in [-0.3, -0.25) is 14.4 Å². The van der Waals surface area contributed by atoms with Crippen LogP contribution in [0.2, 0.25) is 5.02 Å². The second kappa shape index (κ2) is 11.2. The van der Waals surface area contributed by atoms with Crippen molar-refractivity contribution in [3.05, 3.63) is 70.7 Å². The van der Waals surface area contributed by atoms with Crippen LogP contribution in [-0.4, -0.2) is 62.1 Å². The Kier molecular flexibility index (Phi) is 8.75. The van der Waals surface area contributed by atoms with Crippen molar-refractivity contribution in [3.8, 4) is 0 Å².